The molecule has 0 N–H and O–H groups in total. The standard InChI is InChI=1S/C17H17N3O2S2/c1-15(10-18)9-17-14(22)19(3)16(2,23-24-17)13(21)20(17)12(15)11-7-5-4-6-8-11/h4-8,12H,9H2,1-3H3/t12?,15-,16?,17+/m1/s1. The SMILES string of the molecule is CN1C(=O)[C@@]23C[C@](C)(C#N)C(c4ccccc4)N2C(=O)C1(C)SS3. The van der Waals surface area contributed by atoms with Gasteiger partial charge in [-0.3, -0.25) is 9.59 Å². The molecule has 2 bridgehead atoms. The Labute approximate surface area is 148 Å². The minimum Gasteiger partial charge on any atom is -0.319 e. The van der Waals surface area contributed by atoms with Gasteiger partial charge in [0.25, 0.3) is 11.8 Å². The second kappa shape index (κ2) is 4.70. The van der Waals surface area contributed by atoms with E-state index in [9.17, 15) is 14.9 Å². The van der Waals surface area contributed by atoms with Gasteiger partial charge in [-0.15, -0.1) is 0 Å². The Morgan fingerprint density at radius 1 is 1.17 bits per heavy atom. The predicted octanol–water partition coefficient (Wildman–Crippen LogP) is 2.77. The van der Waals surface area contributed by atoms with Crippen molar-refractivity contribution >= 4 is 33.4 Å². The normalized spacial score (nSPS) is 40.7. The first-order chi connectivity index (χ1) is 11.3. The van der Waals surface area contributed by atoms with Crippen LogP contribution in [0.25, 0.3) is 0 Å². The summed E-state index contributed by atoms with van der Waals surface area (Å²) in [6, 6.07) is 11.6. The largest absolute Gasteiger partial charge is 0.319 e. The van der Waals surface area contributed by atoms with Crippen LogP contribution in [0.4, 0.5) is 0 Å². The van der Waals surface area contributed by atoms with Crippen LogP contribution >= 0.6 is 21.6 Å². The summed E-state index contributed by atoms with van der Waals surface area (Å²) in [7, 11) is 4.56. The van der Waals surface area contributed by atoms with Crippen molar-refractivity contribution in [2.75, 3.05) is 7.05 Å². The lowest BCUT2D eigenvalue weighted by Crippen LogP contribution is -2.73. The Kier molecular flexibility index (Phi) is 3.11. The fourth-order valence-corrected chi connectivity index (χ4v) is 7.64. The van der Waals surface area contributed by atoms with Crippen LogP contribution in [0.15, 0.2) is 30.3 Å². The molecule has 4 aliphatic heterocycles. The van der Waals surface area contributed by atoms with Gasteiger partial charge in [0.1, 0.15) is 0 Å². The number of fused-ring (bicyclic) bond motifs is 2. The predicted molar refractivity (Wildman–Crippen MR) is 93.5 cm³/mol. The van der Waals surface area contributed by atoms with Crippen molar-refractivity contribution in [3.8, 4) is 6.07 Å². The molecule has 4 fully saturated rings. The fourth-order valence-electron chi connectivity index (χ4n) is 4.06. The van der Waals surface area contributed by atoms with E-state index < -0.39 is 21.2 Å². The number of carbonyl (C=O) groups is 2. The molecule has 5 nitrogen and oxygen atoms in total. The van der Waals surface area contributed by atoms with Gasteiger partial charge in [0.2, 0.25) is 0 Å². The number of rotatable bonds is 1. The summed E-state index contributed by atoms with van der Waals surface area (Å²) < 4.78 is 0. The van der Waals surface area contributed by atoms with Crippen LogP contribution < -0.4 is 0 Å². The van der Waals surface area contributed by atoms with E-state index in [-0.39, 0.29) is 11.8 Å². The topological polar surface area (TPSA) is 64.4 Å². The average Bonchev–Trinajstić information content (AvgIpc) is 2.87. The van der Waals surface area contributed by atoms with Gasteiger partial charge in [-0.25, -0.2) is 0 Å². The average molecular weight is 359 g/mol. The molecule has 2 amide bonds. The van der Waals surface area contributed by atoms with Crippen LogP contribution in [-0.4, -0.2) is 38.4 Å². The van der Waals surface area contributed by atoms with Crippen LogP contribution in [0.5, 0.6) is 0 Å². The zero-order valence-corrected chi connectivity index (χ0v) is 15.3. The molecule has 1 aromatic rings. The van der Waals surface area contributed by atoms with Crippen molar-refractivity contribution in [3.63, 3.8) is 0 Å². The van der Waals surface area contributed by atoms with Gasteiger partial charge in [0, 0.05) is 13.5 Å². The first kappa shape index (κ1) is 15.9. The highest BCUT2D eigenvalue weighted by Gasteiger charge is 2.74. The highest BCUT2D eigenvalue weighted by Crippen LogP contribution is 2.69. The van der Waals surface area contributed by atoms with E-state index in [1.54, 1.807) is 23.8 Å². The first-order valence-electron chi connectivity index (χ1n) is 7.75. The van der Waals surface area contributed by atoms with E-state index in [1.165, 1.54) is 21.6 Å². The van der Waals surface area contributed by atoms with Crippen molar-refractivity contribution in [2.24, 2.45) is 5.41 Å². The van der Waals surface area contributed by atoms with Crippen LogP contribution in [0, 0.1) is 16.7 Å². The van der Waals surface area contributed by atoms with Gasteiger partial charge in [-0.05, 0) is 19.4 Å². The van der Waals surface area contributed by atoms with Crippen molar-refractivity contribution < 1.29 is 9.59 Å². The van der Waals surface area contributed by atoms with Crippen molar-refractivity contribution in [2.45, 2.75) is 36.1 Å². The van der Waals surface area contributed by atoms with Crippen LogP contribution in [0.3, 0.4) is 0 Å². The number of benzene rings is 1. The van der Waals surface area contributed by atoms with E-state index >= 15 is 0 Å². The summed E-state index contributed by atoms with van der Waals surface area (Å²) in [5, 5.41) is 9.90. The first-order valence-corrected chi connectivity index (χ1v) is 9.90. The quantitative estimate of drug-likeness (QED) is 0.722. The third kappa shape index (κ3) is 1.63. The van der Waals surface area contributed by atoms with E-state index in [2.05, 4.69) is 6.07 Å². The summed E-state index contributed by atoms with van der Waals surface area (Å²) in [4.78, 5) is 27.8. The number of nitriles is 1. The second-order valence-electron chi connectivity index (χ2n) is 6.99. The number of amides is 2. The molecule has 0 saturated carbocycles. The lowest BCUT2D eigenvalue weighted by Gasteiger charge is -2.57. The Morgan fingerprint density at radius 2 is 1.83 bits per heavy atom. The van der Waals surface area contributed by atoms with E-state index in [4.69, 9.17) is 0 Å². The summed E-state index contributed by atoms with van der Waals surface area (Å²) >= 11 is 0. The molecule has 7 heteroatoms. The maximum absolute atomic E-state index is 13.3. The molecule has 4 saturated heterocycles. The van der Waals surface area contributed by atoms with Crippen LogP contribution in [0.2, 0.25) is 0 Å². The monoisotopic (exact) mass is 359 g/mol. The maximum atomic E-state index is 13.3. The van der Waals surface area contributed by atoms with Gasteiger partial charge in [0.15, 0.2) is 9.74 Å². The Morgan fingerprint density at radius 3 is 2.46 bits per heavy atom. The van der Waals surface area contributed by atoms with Gasteiger partial charge < -0.3 is 9.80 Å². The maximum Gasteiger partial charge on any atom is 0.261 e. The number of piperazine rings is 1. The van der Waals surface area contributed by atoms with Crippen LogP contribution in [0.1, 0.15) is 31.9 Å². The zero-order chi connectivity index (χ0) is 17.3. The van der Waals surface area contributed by atoms with Gasteiger partial charge in [-0.2, -0.15) is 5.26 Å². The molecule has 0 aliphatic carbocycles. The molecular weight excluding hydrogens is 342 g/mol. The molecule has 24 heavy (non-hydrogen) atoms. The minimum atomic E-state index is -0.987. The smallest absolute Gasteiger partial charge is 0.261 e. The molecule has 2 unspecified atom stereocenters. The molecule has 1 spiro atoms. The lowest BCUT2D eigenvalue weighted by atomic mass is 9.79. The number of hydrogen-bond donors (Lipinski definition) is 0. The molecule has 4 aliphatic rings. The molecule has 1 aromatic carbocycles. The summed E-state index contributed by atoms with van der Waals surface area (Å²) in [5.74, 6) is -0.158. The molecule has 4 heterocycles. The van der Waals surface area contributed by atoms with Crippen molar-refractivity contribution in [1.29, 1.82) is 5.26 Å². The third-order valence-corrected chi connectivity index (χ3v) is 9.16. The molecule has 124 valence electrons. The number of likely N-dealkylation sites (N-methyl/N-ethyl adjacent to an activating group) is 1. The van der Waals surface area contributed by atoms with Crippen molar-refractivity contribution in [1.82, 2.24) is 9.80 Å². The molecule has 0 aromatic heterocycles. The lowest BCUT2D eigenvalue weighted by molar-refractivity contribution is -0.164. The summed E-state index contributed by atoms with van der Waals surface area (Å²) in [6.07, 6.45) is 0.346. The Balaban J connectivity index is 1.95. The van der Waals surface area contributed by atoms with Gasteiger partial charge in [0.05, 0.1) is 17.5 Å². The molecule has 5 rings (SSSR count). The summed E-state index contributed by atoms with van der Waals surface area (Å²) in [6.45, 7) is 3.65. The Hall–Kier alpha value is -1.65. The highest BCUT2D eigenvalue weighted by molar-refractivity contribution is 8.78. The molecule has 0 radical (unpaired) electrons. The van der Waals surface area contributed by atoms with Crippen LogP contribution in [-0.2, 0) is 9.59 Å². The number of hydrogen-bond acceptors (Lipinski definition) is 5. The van der Waals surface area contributed by atoms with Crippen molar-refractivity contribution in [3.05, 3.63) is 35.9 Å². The van der Waals surface area contributed by atoms with E-state index in [0.717, 1.165) is 5.56 Å². The number of carbonyl (C=O) groups excluding carboxylic acids is 2. The molecule has 4 atom stereocenters. The van der Waals surface area contributed by atoms with E-state index in [0.29, 0.717) is 6.42 Å². The minimum absolute atomic E-state index is 0.0757. The van der Waals surface area contributed by atoms with E-state index in [1.807, 2.05) is 37.3 Å². The highest BCUT2D eigenvalue weighted by atomic mass is 33.1. The Bertz CT molecular complexity index is 795. The van der Waals surface area contributed by atoms with Gasteiger partial charge in [-0.1, -0.05) is 51.9 Å². The zero-order valence-electron chi connectivity index (χ0n) is 13.6. The van der Waals surface area contributed by atoms with Gasteiger partial charge >= 0.3 is 0 Å². The number of nitrogens with zero attached hydrogens (tertiary/aromatic N) is 3. The third-order valence-electron chi connectivity index (χ3n) is 5.46. The second-order valence-corrected chi connectivity index (χ2v) is 9.80. The summed E-state index contributed by atoms with van der Waals surface area (Å²) in [5.41, 5.74) is 0.0976. The molecular formula is C17H17N3O2S2. The fraction of sp³-hybridized carbons (Fsp3) is 0.471.